The van der Waals surface area contributed by atoms with Crippen molar-refractivity contribution < 1.29 is 9.82 Å². The van der Waals surface area contributed by atoms with Gasteiger partial charge < -0.3 is 10.3 Å². The van der Waals surface area contributed by atoms with Crippen LogP contribution in [0.1, 0.15) is 0 Å². The average molecular weight is 174 g/mol. The third-order valence-electron chi connectivity index (χ3n) is 1.54. The Kier molecular flexibility index (Phi) is 3.28. The number of anilines is 1. The van der Waals surface area contributed by atoms with Gasteiger partial charge in [0.1, 0.15) is 0 Å². The van der Waals surface area contributed by atoms with Crippen molar-refractivity contribution in [2.45, 2.75) is 0 Å². The van der Waals surface area contributed by atoms with E-state index in [1.165, 1.54) is 6.08 Å². The topological polar surface area (TPSA) is 49.3 Å². The van der Waals surface area contributed by atoms with E-state index in [2.05, 4.69) is 11.9 Å². The maximum atomic E-state index is 10.9. The van der Waals surface area contributed by atoms with E-state index in [4.69, 9.17) is 5.02 Å². The normalized spacial score (nSPS) is 9.00. The maximum Gasteiger partial charge on any atom is 0.328 e. The molecule has 13 heavy (non-hydrogen) atoms. The number of hydrogen-bond acceptors (Lipinski definition) is 2. The molecule has 1 aromatic rings. The summed E-state index contributed by atoms with van der Waals surface area (Å²) in [4.78, 5) is 10.9. The molecule has 0 aliphatic heterocycles. The molecule has 0 saturated carbocycles. The average Bonchev–Trinajstić information content (AvgIpc) is 2.18. The Labute approximate surface area is 77.4 Å². The second kappa shape index (κ2) is 4.47. The summed E-state index contributed by atoms with van der Waals surface area (Å²) in [6.07, 6.45) is 1.17. The van der Waals surface area contributed by atoms with Gasteiger partial charge in [-0.15, -0.1) is 0 Å². The molecule has 0 unspecified atom stereocenters. The smallest absolute Gasteiger partial charge is 0.328 e. The van der Waals surface area contributed by atoms with Crippen LogP contribution in [0.5, 0.6) is 0 Å². The Morgan fingerprint density at radius 2 is 2.23 bits per heavy atom. The molecular formula is C9H9BNO2. The molecule has 1 amide bonds. The lowest BCUT2D eigenvalue weighted by Gasteiger charge is -2.05. The molecule has 0 aromatic heterocycles. The van der Waals surface area contributed by atoms with Crippen molar-refractivity contribution in [1.29, 1.82) is 0 Å². The first-order valence-corrected chi connectivity index (χ1v) is 3.78. The molecule has 1 aromatic carbocycles. The first-order chi connectivity index (χ1) is 6.27. The predicted octanol–water partition coefficient (Wildman–Crippen LogP) is 0.0479. The summed E-state index contributed by atoms with van der Waals surface area (Å²) >= 11 is 0. The Hall–Kier alpha value is -1.55. The highest BCUT2D eigenvalue weighted by atomic mass is 16.2. The summed E-state index contributed by atoms with van der Waals surface area (Å²) in [6, 6.07) is 6.93. The number of nitrogens with one attached hydrogen (secondary N) is 1. The Bertz CT molecular complexity index is 325. The molecule has 0 atom stereocenters. The molecule has 0 fully saturated rings. The number of rotatable bonds is 3. The van der Waals surface area contributed by atoms with Crippen LogP contribution in [0.4, 0.5) is 5.69 Å². The number of hydrogen-bond donors (Lipinski definition) is 2. The molecule has 0 heterocycles. The van der Waals surface area contributed by atoms with E-state index < -0.39 is 0 Å². The molecule has 0 aliphatic rings. The molecule has 0 aliphatic carbocycles. The van der Waals surface area contributed by atoms with E-state index in [0.717, 1.165) is 7.48 Å². The molecule has 0 saturated heterocycles. The predicted molar refractivity (Wildman–Crippen MR) is 52.9 cm³/mol. The molecule has 2 N–H and O–H groups in total. The summed E-state index contributed by atoms with van der Waals surface area (Å²) in [7, 11) is 0.943. The third kappa shape index (κ3) is 2.45. The largest absolute Gasteiger partial charge is 0.450 e. The Morgan fingerprint density at radius 3 is 2.85 bits per heavy atom. The van der Waals surface area contributed by atoms with E-state index in [0.29, 0.717) is 11.2 Å². The van der Waals surface area contributed by atoms with Gasteiger partial charge in [0.05, 0.1) is 0 Å². The fraction of sp³-hybridized carbons (Fsp3) is 0. The van der Waals surface area contributed by atoms with Crippen LogP contribution in [0.25, 0.3) is 0 Å². The van der Waals surface area contributed by atoms with Crippen LogP contribution in [-0.2, 0) is 4.79 Å². The van der Waals surface area contributed by atoms with E-state index in [-0.39, 0.29) is 5.91 Å². The van der Waals surface area contributed by atoms with Gasteiger partial charge in [-0.1, -0.05) is 24.8 Å². The number of para-hydroxylation sites is 1. The highest BCUT2D eigenvalue weighted by molar-refractivity contribution is 6.48. The second-order valence-corrected chi connectivity index (χ2v) is 2.41. The zero-order chi connectivity index (χ0) is 9.68. The summed E-state index contributed by atoms with van der Waals surface area (Å²) in [5, 5.41) is 11.4. The van der Waals surface area contributed by atoms with Gasteiger partial charge in [-0.25, -0.2) is 0 Å². The molecule has 1 rings (SSSR count). The van der Waals surface area contributed by atoms with Crippen molar-refractivity contribution in [3.8, 4) is 0 Å². The SMILES string of the molecule is C=CC(=O)Nc1ccccc1[B]O. The Morgan fingerprint density at radius 1 is 1.54 bits per heavy atom. The lowest BCUT2D eigenvalue weighted by atomic mass is 9.87. The minimum Gasteiger partial charge on any atom is -0.450 e. The lowest BCUT2D eigenvalue weighted by Crippen LogP contribution is -2.21. The highest BCUT2D eigenvalue weighted by Gasteiger charge is 2.03. The third-order valence-corrected chi connectivity index (χ3v) is 1.54. The standard InChI is InChI=1S/C9H9BNO2/c1-2-9(12)11-8-6-4-3-5-7(8)10-13/h2-6,13H,1H2,(H,11,12). The van der Waals surface area contributed by atoms with Gasteiger partial charge >= 0.3 is 7.48 Å². The number of carbonyl (C=O) groups excluding carboxylic acids is 1. The van der Waals surface area contributed by atoms with Gasteiger partial charge in [-0.3, -0.25) is 4.79 Å². The highest BCUT2D eigenvalue weighted by Crippen LogP contribution is 2.01. The molecule has 4 heteroatoms. The van der Waals surface area contributed by atoms with Crippen molar-refractivity contribution in [2.75, 3.05) is 5.32 Å². The van der Waals surface area contributed by atoms with Crippen LogP contribution < -0.4 is 10.8 Å². The van der Waals surface area contributed by atoms with E-state index >= 15 is 0 Å². The van der Waals surface area contributed by atoms with Crippen molar-refractivity contribution in [3.05, 3.63) is 36.9 Å². The van der Waals surface area contributed by atoms with Gasteiger partial charge in [-0.2, -0.15) is 0 Å². The van der Waals surface area contributed by atoms with Gasteiger partial charge in [-0.05, 0) is 17.6 Å². The number of benzene rings is 1. The van der Waals surface area contributed by atoms with Gasteiger partial charge in [0.25, 0.3) is 0 Å². The van der Waals surface area contributed by atoms with Crippen LogP contribution in [0.2, 0.25) is 0 Å². The van der Waals surface area contributed by atoms with Gasteiger partial charge in [0.2, 0.25) is 5.91 Å². The summed E-state index contributed by atoms with van der Waals surface area (Å²) in [6.45, 7) is 3.33. The monoisotopic (exact) mass is 174 g/mol. The quantitative estimate of drug-likeness (QED) is 0.502. The lowest BCUT2D eigenvalue weighted by molar-refractivity contribution is -0.111. The molecule has 0 bridgehead atoms. The Balaban J connectivity index is 2.86. The van der Waals surface area contributed by atoms with Crippen molar-refractivity contribution >= 4 is 24.5 Å². The van der Waals surface area contributed by atoms with Crippen LogP contribution in [0.3, 0.4) is 0 Å². The van der Waals surface area contributed by atoms with Crippen LogP contribution in [-0.4, -0.2) is 18.4 Å². The summed E-state index contributed by atoms with van der Waals surface area (Å²) in [5.74, 6) is -0.297. The molecular weight excluding hydrogens is 165 g/mol. The minimum absolute atomic E-state index is 0.297. The first kappa shape index (κ1) is 9.54. The zero-order valence-corrected chi connectivity index (χ0v) is 7.03. The fourth-order valence-electron chi connectivity index (χ4n) is 0.907. The second-order valence-electron chi connectivity index (χ2n) is 2.41. The van der Waals surface area contributed by atoms with Crippen LogP contribution >= 0.6 is 0 Å². The van der Waals surface area contributed by atoms with Crippen LogP contribution in [0, 0.1) is 0 Å². The van der Waals surface area contributed by atoms with E-state index in [1.54, 1.807) is 24.3 Å². The van der Waals surface area contributed by atoms with Gasteiger partial charge in [0, 0.05) is 5.69 Å². The zero-order valence-electron chi connectivity index (χ0n) is 7.03. The maximum absolute atomic E-state index is 10.9. The van der Waals surface area contributed by atoms with E-state index in [1.807, 2.05) is 0 Å². The minimum atomic E-state index is -0.297. The molecule has 1 radical (unpaired) electrons. The first-order valence-electron chi connectivity index (χ1n) is 3.78. The number of amides is 1. The summed E-state index contributed by atoms with van der Waals surface area (Å²) in [5.41, 5.74) is 1.13. The van der Waals surface area contributed by atoms with Crippen molar-refractivity contribution in [2.24, 2.45) is 0 Å². The molecule has 65 valence electrons. The van der Waals surface area contributed by atoms with Crippen LogP contribution in [0.15, 0.2) is 36.9 Å². The van der Waals surface area contributed by atoms with Gasteiger partial charge in [0.15, 0.2) is 0 Å². The number of carbonyl (C=O) groups is 1. The fourth-order valence-corrected chi connectivity index (χ4v) is 0.907. The summed E-state index contributed by atoms with van der Waals surface area (Å²) < 4.78 is 0. The molecule has 0 spiro atoms. The van der Waals surface area contributed by atoms with E-state index in [9.17, 15) is 4.79 Å². The molecule has 3 nitrogen and oxygen atoms in total. The van der Waals surface area contributed by atoms with Crippen molar-refractivity contribution in [3.63, 3.8) is 0 Å². The van der Waals surface area contributed by atoms with Crippen molar-refractivity contribution in [1.82, 2.24) is 0 Å².